The van der Waals surface area contributed by atoms with Crippen LogP contribution < -0.4 is 10.5 Å². The van der Waals surface area contributed by atoms with E-state index < -0.39 is 10.0 Å². The zero-order valence-corrected chi connectivity index (χ0v) is 11.1. The summed E-state index contributed by atoms with van der Waals surface area (Å²) >= 11 is 5.76. The number of anilines is 1. The van der Waals surface area contributed by atoms with Gasteiger partial charge in [0.1, 0.15) is 4.90 Å². The quantitative estimate of drug-likeness (QED) is 0.638. The molecule has 0 radical (unpaired) electrons. The summed E-state index contributed by atoms with van der Waals surface area (Å²) in [6.07, 6.45) is 2.19. The molecule has 3 N–H and O–H groups in total. The lowest BCUT2D eigenvalue weighted by Crippen LogP contribution is -2.32. The molecule has 4 nitrogen and oxygen atoms in total. The fraction of sp³-hybridized carbons (Fsp3) is 0.273. The second kappa shape index (κ2) is 5.53. The average molecular weight is 275 g/mol. The number of nitrogen functional groups attached to an aromatic ring is 1. The lowest BCUT2D eigenvalue weighted by molar-refractivity contribution is 0.562. The Morgan fingerprint density at radius 1 is 1.59 bits per heavy atom. The summed E-state index contributed by atoms with van der Waals surface area (Å²) in [6.45, 7) is 5.30. The number of sulfonamides is 1. The first kappa shape index (κ1) is 14.0. The van der Waals surface area contributed by atoms with E-state index in [0.717, 1.165) is 0 Å². The van der Waals surface area contributed by atoms with E-state index in [-0.39, 0.29) is 16.6 Å². The van der Waals surface area contributed by atoms with Crippen molar-refractivity contribution in [3.63, 3.8) is 0 Å². The molecule has 1 unspecified atom stereocenters. The van der Waals surface area contributed by atoms with Crippen molar-refractivity contribution in [3.05, 3.63) is 35.9 Å². The first-order valence-corrected chi connectivity index (χ1v) is 6.91. The van der Waals surface area contributed by atoms with Crippen LogP contribution in [0.2, 0.25) is 5.02 Å². The largest absolute Gasteiger partial charge is 0.398 e. The van der Waals surface area contributed by atoms with E-state index >= 15 is 0 Å². The molecule has 0 aromatic heterocycles. The fourth-order valence-electron chi connectivity index (χ4n) is 1.37. The summed E-state index contributed by atoms with van der Waals surface area (Å²) in [5.41, 5.74) is 5.80. The van der Waals surface area contributed by atoms with E-state index in [1.807, 2.05) is 0 Å². The van der Waals surface area contributed by atoms with Gasteiger partial charge >= 0.3 is 0 Å². The van der Waals surface area contributed by atoms with Gasteiger partial charge in [0.05, 0.1) is 5.69 Å². The molecular weight excluding hydrogens is 260 g/mol. The Bertz CT molecular complexity index is 514. The molecule has 6 heteroatoms. The molecule has 0 heterocycles. The van der Waals surface area contributed by atoms with Crippen molar-refractivity contribution in [2.75, 3.05) is 5.73 Å². The van der Waals surface area contributed by atoms with Crippen LogP contribution in [0.15, 0.2) is 35.7 Å². The molecule has 1 aromatic carbocycles. The molecule has 0 aliphatic rings. The maximum absolute atomic E-state index is 12.0. The lowest BCUT2D eigenvalue weighted by Gasteiger charge is -2.13. The minimum absolute atomic E-state index is 0.000845. The van der Waals surface area contributed by atoms with Crippen LogP contribution in [-0.4, -0.2) is 14.5 Å². The van der Waals surface area contributed by atoms with Crippen LogP contribution in [0.5, 0.6) is 0 Å². The van der Waals surface area contributed by atoms with E-state index in [9.17, 15) is 8.42 Å². The molecule has 0 aliphatic heterocycles. The SMILES string of the molecule is C=CCC(C)NS(=O)(=O)c1cc(Cl)ccc1N. The van der Waals surface area contributed by atoms with Crippen molar-refractivity contribution >= 4 is 27.3 Å². The Balaban J connectivity index is 3.04. The lowest BCUT2D eigenvalue weighted by atomic mass is 10.3. The van der Waals surface area contributed by atoms with Crippen LogP contribution in [0.3, 0.4) is 0 Å². The van der Waals surface area contributed by atoms with Crippen LogP contribution in [0.1, 0.15) is 13.3 Å². The molecule has 0 spiro atoms. The normalized spacial score (nSPS) is 13.3. The molecule has 1 rings (SSSR count). The second-order valence-electron chi connectivity index (χ2n) is 3.73. The van der Waals surface area contributed by atoms with Gasteiger partial charge in [0, 0.05) is 11.1 Å². The topological polar surface area (TPSA) is 72.2 Å². The first-order valence-electron chi connectivity index (χ1n) is 5.05. The van der Waals surface area contributed by atoms with Crippen LogP contribution in [0.25, 0.3) is 0 Å². The Kier molecular flexibility index (Phi) is 4.56. The third-order valence-electron chi connectivity index (χ3n) is 2.14. The van der Waals surface area contributed by atoms with Gasteiger partial charge < -0.3 is 5.73 Å². The smallest absolute Gasteiger partial charge is 0.242 e. The molecule has 17 heavy (non-hydrogen) atoms. The zero-order valence-electron chi connectivity index (χ0n) is 9.48. The van der Waals surface area contributed by atoms with E-state index in [0.29, 0.717) is 11.4 Å². The number of rotatable bonds is 5. The first-order chi connectivity index (χ1) is 7.86. The van der Waals surface area contributed by atoms with Gasteiger partial charge in [0.2, 0.25) is 10.0 Å². The highest BCUT2D eigenvalue weighted by atomic mass is 35.5. The number of nitrogens with two attached hydrogens (primary N) is 1. The Morgan fingerprint density at radius 3 is 2.82 bits per heavy atom. The number of nitrogens with one attached hydrogen (secondary N) is 1. The average Bonchev–Trinajstić information content (AvgIpc) is 2.21. The van der Waals surface area contributed by atoms with E-state index in [2.05, 4.69) is 11.3 Å². The van der Waals surface area contributed by atoms with Crippen LogP contribution >= 0.6 is 11.6 Å². The molecule has 0 aliphatic carbocycles. The summed E-state index contributed by atoms with van der Waals surface area (Å²) in [5, 5.41) is 0.330. The van der Waals surface area contributed by atoms with Gasteiger partial charge in [0.15, 0.2) is 0 Å². The van der Waals surface area contributed by atoms with Gasteiger partial charge in [-0.15, -0.1) is 6.58 Å². The summed E-state index contributed by atoms with van der Waals surface area (Å²) in [4.78, 5) is 0.000845. The zero-order chi connectivity index (χ0) is 13.1. The highest BCUT2D eigenvalue weighted by Gasteiger charge is 2.19. The molecule has 94 valence electrons. The van der Waals surface area contributed by atoms with Crippen LogP contribution in [0, 0.1) is 0 Å². The minimum atomic E-state index is -3.64. The molecule has 0 amide bonds. The second-order valence-corrected chi connectivity index (χ2v) is 5.85. The van der Waals surface area contributed by atoms with Crippen LogP contribution in [0.4, 0.5) is 5.69 Å². The number of halogens is 1. The summed E-state index contributed by atoms with van der Waals surface area (Å²) in [7, 11) is -3.64. The van der Waals surface area contributed by atoms with Crippen LogP contribution in [-0.2, 0) is 10.0 Å². The molecule has 0 fully saturated rings. The minimum Gasteiger partial charge on any atom is -0.398 e. The van der Waals surface area contributed by atoms with Gasteiger partial charge in [-0.3, -0.25) is 0 Å². The van der Waals surface area contributed by atoms with Crippen molar-refractivity contribution in [2.24, 2.45) is 0 Å². The van der Waals surface area contributed by atoms with Crippen molar-refractivity contribution in [2.45, 2.75) is 24.3 Å². The number of benzene rings is 1. The Morgan fingerprint density at radius 2 is 2.24 bits per heavy atom. The maximum atomic E-state index is 12.0. The van der Waals surface area contributed by atoms with E-state index in [4.69, 9.17) is 17.3 Å². The van der Waals surface area contributed by atoms with E-state index in [1.165, 1.54) is 12.1 Å². The predicted octanol–water partition coefficient (Wildman–Crippen LogP) is 2.17. The highest BCUT2D eigenvalue weighted by molar-refractivity contribution is 7.89. The van der Waals surface area contributed by atoms with Crippen molar-refractivity contribution in [3.8, 4) is 0 Å². The number of hydrogen-bond donors (Lipinski definition) is 2. The van der Waals surface area contributed by atoms with Gasteiger partial charge in [-0.2, -0.15) is 0 Å². The summed E-state index contributed by atoms with van der Waals surface area (Å²) in [5.74, 6) is 0. The molecule has 1 aromatic rings. The number of hydrogen-bond acceptors (Lipinski definition) is 3. The Hall–Kier alpha value is -1.04. The molecule has 0 saturated heterocycles. The van der Waals surface area contributed by atoms with Gasteiger partial charge in [0.25, 0.3) is 0 Å². The fourth-order valence-corrected chi connectivity index (χ4v) is 3.02. The van der Waals surface area contributed by atoms with Crippen molar-refractivity contribution in [1.82, 2.24) is 4.72 Å². The third-order valence-corrected chi connectivity index (χ3v) is 4.02. The summed E-state index contributed by atoms with van der Waals surface area (Å²) < 4.78 is 26.5. The Labute approximate surface area is 107 Å². The van der Waals surface area contributed by atoms with E-state index in [1.54, 1.807) is 19.1 Å². The molecule has 0 bridgehead atoms. The third kappa shape index (κ3) is 3.73. The van der Waals surface area contributed by atoms with Crippen molar-refractivity contribution < 1.29 is 8.42 Å². The summed E-state index contributed by atoms with van der Waals surface area (Å²) in [6, 6.07) is 4.11. The van der Waals surface area contributed by atoms with Gasteiger partial charge in [-0.1, -0.05) is 17.7 Å². The van der Waals surface area contributed by atoms with Gasteiger partial charge in [-0.25, -0.2) is 13.1 Å². The molecular formula is C11H15ClN2O2S. The standard InChI is InChI=1S/C11H15ClN2O2S/c1-3-4-8(2)14-17(15,16)11-7-9(12)5-6-10(11)13/h3,5-8,14H,1,4,13H2,2H3. The molecule has 0 saturated carbocycles. The predicted molar refractivity (Wildman–Crippen MR) is 70.5 cm³/mol. The maximum Gasteiger partial charge on any atom is 0.242 e. The van der Waals surface area contributed by atoms with Crippen molar-refractivity contribution in [1.29, 1.82) is 0 Å². The monoisotopic (exact) mass is 274 g/mol. The molecule has 1 atom stereocenters. The highest BCUT2D eigenvalue weighted by Crippen LogP contribution is 2.22. The van der Waals surface area contributed by atoms with Gasteiger partial charge in [-0.05, 0) is 31.5 Å².